The van der Waals surface area contributed by atoms with Crippen LogP contribution in [0.4, 0.5) is 5.69 Å². The van der Waals surface area contributed by atoms with E-state index in [-0.39, 0.29) is 0 Å². The van der Waals surface area contributed by atoms with Gasteiger partial charge in [0.1, 0.15) is 0 Å². The van der Waals surface area contributed by atoms with Crippen LogP contribution in [-0.2, 0) is 0 Å². The first-order valence-electron chi connectivity index (χ1n) is 6.59. The largest absolute Gasteiger partial charge is 0.369 e. The molecule has 2 N–H and O–H groups in total. The molecule has 0 aliphatic carbocycles. The molecule has 1 atom stereocenters. The summed E-state index contributed by atoms with van der Waals surface area (Å²) in [5, 5.41) is 0. The number of piperazine rings is 1. The van der Waals surface area contributed by atoms with Crippen molar-refractivity contribution in [3.63, 3.8) is 0 Å². The fourth-order valence-corrected chi connectivity index (χ4v) is 2.38. The lowest BCUT2D eigenvalue weighted by Gasteiger charge is -2.39. The van der Waals surface area contributed by atoms with Crippen LogP contribution < -0.4 is 5.73 Å². The molecule has 2 rings (SSSR count). The zero-order valence-electron chi connectivity index (χ0n) is 11.2. The summed E-state index contributed by atoms with van der Waals surface area (Å²) in [5.41, 5.74) is 7.00. The van der Waals surface area contributed by atoms with E-state index >= 15 is 0 Å². The smallest absolute Gasteiger partial charge is 0.196 e. The molecule has 1 aliphatic heterocycles. The maximum absolute atomic E-state index is 6.09. The fraction of sp³-hybridized carbons (Fsp3) is 0.500. The minimum Gasteiger partial charge on any atom is -0.369 e. The first kappa shape index (κ1) is 12.9. The van der Waals surface area contributed by atoms with Crippen molar-refractivity contribution in [2.75, 3.05) is 26.2 Å². The quantitative estimate of drug-likeness (QED) is 0.637. The highest BCUT2D eigenvalue weighted by Gasteiger charge is 2.23. The molecule has 0 bridgehead atoms. The van der Waals surface area contributed by atoms with Crippen molar-refractivity contribution in [1.29, 1.82) is 0 Å². The van der Waals surface area contributed by atoms with Gasteiger partial charge in [0, 0.05) is 25.7 Å². The van der Waals surface area contributed by atoms with Gasteiger partial charge in [-0.05, 0) is 25.6 Å². The Hall–Kier alpha value is -1.55. The maximum Gasteiger partial charge on any atom is 0.196 e. The van der Waals surface area contributed by atoms with Crippen LogP contribution in [0.5, 0.6) is 0 Å². The van der Waals surface area contributed by atoms with E-state index in [1.807, 2.05) is 30.3 Å². The molecule has 0 radical (unpaired) electrons. The Balaban J connectivity index is 2.02. The third kappa shape index (κ3) is 3.01. The Labute approximate surface area is 109 Å². The minimum atomic E-state index is 0.535. The number of para-hydroxylation sites is 1. The number of hydrogen-bond acceptors (Lipinski definition) is 2. The van der Waals surface area contributed by atoms with Gasteiger partial charge in [-0.2, -0.15) is 0 Å². The highest BCUT2D eigenvalue weighted by Crippen LogP contribution is 2.13. The zero-order valence-corrected chi connectivity index (χ0v) is 11.2. The average molecular weight is 246 g/mol. The van der Waals surface area contributed by atoms with Crippen LogP contribution in [0.15, 0.2) is 35.3 Å². The van der Waals surface area contributed by atoms with E-state index in [0.717, 1.165) is 31.9 Å². The summed E-state index contributed by atoms with van der Waals surface area (Å²) >= 11 is 0. The molecular formula is C14H22N4. The molecule has 0 saturated carbocycles. The predicted octanol–water partition coefficient (Wildman–Crippen LogP) is 1.66. The number of nitrogens with two attached hydrogens (primary N) is 1. The van der Waals surface area contributed by atoms with E-state index in [1.54, 1.807) is 0 Å². The van der Waals surface area contributed by atoms with Gasteiger partial charge in [0.05, 0.1) is 5.69 Å². The molecule has 1 aromatic carbocycles. The molecule has 18 heavy (non-hydrogen) atoms. The van der Waals surface area contributed by atoms with Crippen molar-refractivity contribution >= 4 is 11.6 Å². The normalized spacial score (nSPS) is 22.2. The third-order valence-electron chi connectivity index (χ3n) is 3.50. The Morgan fingerprint density at radius 1 is 1.33 bits per heavy atom. The van der Waals surface area contributed by atoms with Crippen LogP contribution in [0, 0.1) is 0 Å². The molecule has 98 valence electrons. The second-order valence-corrected chi connectivity index (χ2v) is 4.73. The van der Waals surface area contributed by atoms with Crippen LogP contribution in [0.2, 0.25) is 0 Å². The number of nitrogens with zero attached hydrogens (tertiary/aromatic N) is 3. The molecule has 1 fully saturated rings. The molecule has 4 nitrogen and oxygen atoms in total. The third-order valence-corrected chi connectivity index (χ3v) is 3.50. The SMILES string of the molecule is CCN1CCN(C(N)=Nc2ccccc2)CC1C. The van der Waals surface area contributed by atoms with Crippen LogP contribution in [0.1, 0.15) is 13.8 Å². The molecule has 0 amide bonds. The van der Waals surface area contributed by atoms with Crippen molar-refractivity contribution in [2.45, 2.75) is 19.9 Å². The van der Waals surface area contributed by atoms with Crippen molar-refractivity contribution in [1.82, 2.24) is 9.80 Å². The van der Waals surface area contributed by atoms with Crippen molar-refractivity contribution in [3.05, 3.63) is 30.3 Å². The molecule has 4 heteroatoms. The number of guanidine groups is 1. The fourth-order valence-electron chi connectivity index (χ4n) is 2.38. The van der Waals surface area contributed by atoms with Gasteiger partial charge < -0.3 is 10.6 Å². The van der Waals surface area contributed by atoms with Crippen LogP contribution >= 0.6 is 0 Å². The van der Waals surface area contributed by atoms with Gasteiger partial charge in [0.15, 0.2) is 5.96 Å². The Morgan fingerprint density at radius 2 is 2.06 bits per heavy atom. The van der Waals surface area contributed by atoms with E-state index in [4.69, 9.17) is 5.73 Å². The first-order chi connectivity index (χ1) is 8.70. The van der Waals surface area contributed by atoms with E-state index in [2.05, 4.69) is 28.6 Å². The standard InChI is InChI=1S/C14H22N4/c1-3-17-9-10-18(11-12(17)2)14(15)16-13-7-5-4-6-8-13/h4-8,12H,3,9-11H2,1-2H3,(H2,15,16). The Kier molecular flexibility index (Phi) is 4.20. The van der Waals surface area contributed by atoms with E-state index < -0.39 is 0 Å². The Bertz CT molecular complexity index is 402. The second-order valence-electron chi connectivity index (χ2n) is 4.73. The molecule has 1 heterocycles. The lowest BCUT2D eigenvalue weighted by Crippen LogP contribution is -2.55. The van der Waals surface area contributed by atoms with Crippen LogP contribution in [0.25, 0.3) is 0 Å². The van der Waals surface area contributed by atoms with Crippen molar-refractivity contribution < 1.29 is 0 Å². The lowest BCUT2D eigenvalue weighted by atomic mass is 10.2. The summed E-state index contributed by atoms with van der Waals surface area (Å²) in [5.74, 6) is 0.629. The van der Waals surface area contributed by atoms with Crippen LogP contribution in [0.3, 0.4) is 0 Å². The van der Waals surface area contributed by atoms with Gasteiger partial charge in [-0.25, -0.2) is 4.99 Å². The van der Waals surface area contributed by atoms with Crippen molar-refractivity contribution in [3.8, 4) is 0 Å². The van der Waals surface area contributed by atoms with Gasteiger partial charge in [0.2, 0.25) is 0 Å². The number of hydrogen-bond donors (Lipinski definition) is 1. The number of benzene rings is 1. The maximum atomic E-state index is 6.09. The molecule has 1 saturated heterocycles. The van der Waals surface area contributed by atoms with E-state index in [9.17, 15) is 0 Å². The summed E-state index contributed by atoms with van der Waals surface area (Å²) in [6.45, 7) is 8.52. The molecule has 1 aliphatic rings. The number of likely N-dealkylation sites (N-methyl/N-ethyl adjacent to an activating group) is 1. The highest BCUT2D eigenvalue weighted by molar-refractivity contribution is 5.81. The second kappa shape index (κ2) is 5.87. The molecule has 0 aromatic heterocycles. The van der Waals surface area contributed by atoms with Gasteiger partial charge in [-0.3, -0.25) is 4.90 Å². The molecule has 1 unspecified atom stereocenters. The summed E-state index contributed by atoms with van der Waals surface area (Å²) in [6.07, 6.45) is 0. The zero-order chi connectivity index (χ0) is 13.0. The molecule has 1 aromatic rings. The number of rotatable bonds is 2. The Morgan fingerprint density at radius 3 is 2.67 bits per heavy atom. The summed E-state index contributed by atoms with van der Waals surface area (Å²) in [7, 11) is 0. The van der Waals surface area contributed by atoms with E-state index in [1.165, 1.54) is 0 Å². The van der Waals surface area contributed by atoms with Crippen LogP contribution in [-0.4, -0.2) is 48.0 Å². The first-order valence-corrected chi connectivity index (χ1v) is 6.59. The lowest BCUT2D eigenvalue weighted by molar-refractivity contribution is 0.129. The van der Waals surface area contributed by atoms with Gasteiger partial charge in [-0.15, -0.1) is 0 Å². The monoisotopic (exact) mass is 246 g/mol. The molecular weight excluding hydrogens is 224 g/mol. The van der Waals surface area contributed by atoms with Gasteiger partial charge in [0.25, 0.3) is 0 Å². The van der Waals surface area contributed by atoms with Gasteiger partial charge in [-0.1, -0.05) is 25.1 Å². The van der Waals surface area contributed by atoms with Crippen molar-refractivity contribution in [2.24, 2.45) is 10.7 Å². The average Bonchev–Trinajstić information content (AvgIpc) is 2.39. The highest BCUT2D eigenvalue weighted by atomic mass is 15.3. The minimum absolute atomic E-state index is 0.535. The summed E-state index contributed by atoms with van der Waals surface area (Å²) < 4.78 is 0. The van der Waals surface area contributed by atoms with E-state index in [0.29, 0.717) is 12.0 Å². The summed E-state index contributed by atoms with van der Waals surface area (Å²) in [4.78, 5) is 9.10. The molecule has 0 spiro atoms. The predicted molar refractivity (Wildman–Crippen MR) is 76.0 cm³/mol. The summed E-state index contributed by atoms with van der Waals surface area (Å²) in [6, 6.07) is 10.4. The topological polar surface area (TPSA) is 44.9 Å². The van der Waals surface area contributed by atoms with Gasteiger partial charge >= 0.3 is 0 Å². The number of aliphatic imine (C=N–C) groups is 1.